The van der Waals surface area contributed by atoms with Crippen molar-refractivity contribution in [3.63, 3.8) is 0 Å². The summed E-state index contributed by atoms with van der Waals surface area (Å²) in [5.41, 5.74) is 6.24. The van der Waals surface area contributed by atoms with Gasteiger partial charge in [-0.25, -0.2) is 0 Å². The van der Waals surface area contributed by atoms with Crippen LogP contribution in [0.1, 0.15) is 27.5 Å². The van der Waals surface area contributed by atoms with Crippen LogP contribution in [-0.4, -0.2) is 6.26 Å². The average Bonchev–Trinajstić information content (AvgIpc) is 2.98. The van der Waals surface area contributed by atoms with Crippen molar-refractivity contribution >= 4 is 23.1 Å². The maximum atomic E-state index is 6.42. The molecule has 1 nitrogen and oxygen atoms in total. The van der Waals surface area contributed by atoms with Gasteiger partial charge in [-0.3, -0.25) is 0 Å². The molecule has 0 aromatic heterocycles. The zero-order chi connectivity index (χ0) is 17.2. The van der Waals surface area contributed by atoms with E-state index in [0.29, 0.717) is 5.25 Å². The van der Waals surface area contributed by atoms with Gasteiger partial charge in [0, 0.05) is 11.1 Å². The quantitative estimate of drug-likeness (QED) is 0.544. The van der Waals surface area contributed by atoms with E-state index in [9.17, 15) is 0 Å². The van der Waals surface area contributed by atoms with Crippen LogP contribution in [0, 0.1) is 6.92 Å². The second kappa shape index (κ2) is 6.81. The summed E-state index contributed by atoms with van der Waals surface area (Å²) in [5.74, 6) is 1.86. The molecule has 0 aliphatic heterocycles. The van der Waals surface area contributed by atoms with Gasteiger partial charge < -0.3 is 4.74 Å². The fourth-order valence-corrected chi connectivity index (χ4v) is 4.27. The lowest BCUT2D eigenvalue weighted by Crippen LogP contribution is -1.97. The van der Waals surface area contributed by atoms with E-state index in [2.05, 4.69) is 79.9 Å². The molecule has 0 bridgehead atoms. The van der Waals surface area contributed by atoms with E-state index in [1.165, 1.54) is 27.8 Å². The second-order valence-corrected chi connectivity index (χ2v) is 7.17. The number of hydrogen-bond acceptors (Lipinski definition) is 2. The molecular formula is C23H20OS. The molecule has 3 aromatic rings. The van der Waals surface area contributed by atoms with Crippen LogP contribution in [-0.2, 0) is 0 Å². The molecular weight excluding hydrogens is 324 g/mol. The topological polar surface area (TPSA) is 9.23 Å². The Kier molecular flexibility index (Phi) is 4.37. The minimum Gasteiger partial charge on any atom is -0.456 e. The third kappa shape index (κ3) is 2.98. The van der Waals surface area contributed by atoms with Crippen molar-refractivity contribution in [2.45, 2.75) is 12.2 Å². The summed E-state index contributed by atoms with van der Waals surface area (Å²) in [4.78, 5) is 0. The van der Waals surface area contributed by atoms with Crippen molar-refractivity contribution in [1.29, 1.82) is 0 Å². The summed E-state index contributed by atoms with van der Waals surface area (Å²) < 4.78 is 6.42. The van der Waals surface area contributed by atoms with Crippen LogP contribution in [0.15, 0.2) is 78.9 Å². The largest absolute Gasteiger partial charge is 0.456 e. The summed E-state index contributed by atoms with van der Waals surface area (Å²) in [6, 6.07) is 27.4. The molecule has 4 rings (SSSR count). The third-order valence-electron chi connectivity index (χ3n) is 4.56. The van der Waals surface area contributed by atoms with Crippen molar-refractivity contribution < 1.29 is 4.74 Å². The fraction of sp³-hybridized carbons (Fsp3) is 0.130. The molecule has 124 valence electrons. The normalized spacial score (nSPS) is 16.0. The van der Waals surface area contributed by atoms with E-state index in [-0.39, 0.29) is 0 Å². The molecule has 1 aliphatic carbocycles. The van der Waals surface area contributed by atoms with Gasteiger partial charge in [-0.15, -0.1) is 0 Å². The number of thioether (sulfide) groups is 1. The van der Waals surface area contributed by atoms with Crippen LogP contribution in [0.25, 0.3) is 11.3 Å². The summed E-state index contributed by atoms with van der Waals surface area (Å²) >= 11 is 1.86. The Labute approximate surface area is 153 Å². The number of benzene rings is 3. The average molecular weight is 344 g/mol. The van der Waals surface area contributed by atoms with Crippen molar-refractivity contribution in [1.82, 2.24) is 0 Å². The molecule has 0 fully saturated rings. The highest BCUT2D eigenvalue weighted by Gasteiger charge is 2.33. The van der Waals surface area contributed by atoms with E-state index in [1.54, 1.807) is 0 Å². The van der Waals surface area contributed by atoms with Gasteiger partial charge in [0.25, 0.3) is 0 Å². The van der Waals surface area contributed by atoms with Crippen LogP contribution in [0.3, 0.4) is 0 Å². The zero-order valence-corrected chi connectivity index (χ0v) is 15.2. The Balaban J connectivity index is 1.87. The van der Waals surface area contributed by atoms with Gasteiger partial charge >= 0.3 is 0 Å². The minimum atomic E-state index is 0.291. The molecule has 0 heterocycles. The molecule has 3 aromatic carbocycles. The second-order valence-electron chi connectivity index (χ2n) is 6.23. The zero-order valence-electron chi connectivity index (χ0n) is 14.4. The van der Waals surface area contributed by atoms with Gasteiger partial charge in [0.05, 0.1) is 5.25 Å². The fourth-order valence-electron chi connectivity index (χ4n) is 3.33. The van der Waals surface area contributed by atoms with E-state index in [1.807, 2.05) is 23.9 Å². The predicted octanol–water partition coefficient (Wildman–Crippen LogP) is 6.36. The van der Waals surface area contributed by atoms with Crippen molar-refractivity contribution in [3.05, 3.63) is 101 Å². The van der Waals surface area contributed by atoms with Crippen LogP contribution >= 0.6 is 11.8 Å². The molecule has 0 saturated carbocycles. The van der Waals surface area contributed by atoms with Crippen LogP contribution in [0.5, 0.6) is 5.75 Å². The lowest BCUT2D eigenvalue weighted by Gasteiger charge is -2.15. The van der Waals surface area contributed by atoms with E-state index in [4.69, 9.17) is 4.74 Å². The first-order valence-corrected chi connectivity index (χ1v) is 9.73. The predicted molar refractivity (Wildman–Crippen MR) is 108 cm³/mol. The first-order valence-electron chi connectivity index (χ1n) is 8.44. The lowest BCUT2D eigenvalue weighted by molar-refractivity contribution is 0.517. The number of ether oxygens (including phenoxy) is 1. The summed E-state index contributed by atoms with van der Waals surface area (Å²) in [6.07, 6.45) is 2.17. The molecule has 0 N–H and O–H groups in total. The lowest BCUT2D eigenvalue weighted by atomic mass is 10.0. The Morgan fingerprint density at radius 2 is 1.48 bits per heavy atom. The molecule has 0 amide bonds. The molecule has 0 spiro atoms. The Hall–Kier alpha value is -2.45. The number of aryl methyl sites for hydroxylation is 1. The van der Waals surface area contributed by atoms with E-state index in [0.717, 1.165) is 11.5 Å². The van der Waals surface area contributed by atoms with Gasteiger partial charge in [0.15, 0.2) is 0 Å². The highest BCUT2D eigenvalue weighted by atomic mass is 32.2. The Bertz CT molecular complexity index is 910. The van der Waals surface area contributed by atoms with E-state index < -0.39 is 0 Å². The minimum absolute atomic E-state index is 0.291. The maximum absolute atomic E-state index is 6.42. The summed E-state index contributed by atoms with van der Waals surface area (Å²) in [5, 5.41) is 0.291. The van der Waals surface area contributed by atoms with Crippen molar-refractivity contribution in [2.24, 2.45) is 0 Å². The van der Waals surface area contributed by atoms with Gasteiger partial charge in [-0.1, -0.05) is 72.3 Å². The Morgan fingerprint density at radius 3 is 2.20 bits per heavy atom. The molecule has 25 heavy (non-hydrogen) atoms. The molecule has 1 aliphatic rings. The highest BCUT2D eigenvalue weighted by molar-refractivity contribution is 7.99. The van der Waals surface area contributed by atoms with Crippen molar-refractivity contribution in [2.75, 3.05) is 6.26 Å². The first-order chi connectivity index (χ1) is 12.3. The van der Waals surface area contributed by atoms with Gasteiger partial charge in [-0.2, -0.15) is 11.8 Å². The molecule has 0 saturated heterocycles. The number of hydrogen-bond donors (Lipinski definition) is 0. The highest BCUT2D eigenvalue weighted by Crippen LogP contribution is 2.51. The molecule has 2 heteroatoms. The third-order valence-corrected chi connectivity index (χ3v) is 5.52. The first kappa shape index (κ1) is 16.0. The van der Waals surface area contributed by atoms with Crippen LogP contribution in [0.4, 0.5) is 0 Å². The SMILES string of the molecule is CSC1C(c2ccccc2)=C(Oc2ccc(C)cc2)c2ccccc21. The number of rotatable bonds is 4. The Morgan fingerprint density at radius 1 is 0.800 bits per heavy atom. The number of fused-ring (bicyclic) bond motifs is 1. The van der Waals surface area contributed by atoms with E-state index >= 15 is 0 Å². The van der Waals surface area contributed by atoms with Gasteiger partial charge in [-0.05, 0) is 36.4 Å². The summed E-state index contributed by atoms with van der Waals surface area (Å²) in [7, 11) is 0. The molecule has 1 atom stereocenters. The van der Waals surface area contributed by atoms with Crippen LogP contribution < -0.4 is 4.74 Å². The summed E-state index contributed by atoms with van der Waals surface area (Å²) in [6.45, 7) is 2.09. The monoisotopic (exact) mass is 344 g/mol. The molecule has 0 radical (unpaired) electrons. The van der Waals surface area contributed by atoms with Crippen LogP contribution in [0.2, 0.25) is 0 Å². The molecule has 1 unspecified atom stereocenters. The van der Waals surface area contributed by atoms with Crippen molar-refractivity contribution in [3.8, 4) is 5.75 Å². The van der Waals surface area contributed by atoms with Gasteiger partial charge in [0.1, 0.15) is 11.5 Å². The maximum Gasteiger partial charge on any atom is 0.140 e. The van der Waals surface area contributed by atoms with Gasteiger partial charge in [0.2, 0.25) is 0 Å². The standard InChI is InChI=1S/C23H20OS/c1-16-12-14-18(15-13-16)24-22-19-10-6-7-11-20(19)23(25-2)21(22)17-8-4-3-5-9-17/h3-15,23H,1-2H3. The smallest absolute Gasteiger partial charge is 0.140 e.